The Kier molecular flexibility index (Phi) is 4.45. The lowest BCUT2D eigenvalue weighted by Gasteiger charge is -2.13. The van der Waals surface area contributed by atoms with Crippen LogP contribution in [0.4, 0.5) is 0 Å². The number of benzene rings is 1. The molecule has 3 aromatic heterocycles. The number of para-hydroxylation sites is 1. The highest BCUT2D eigenvalue weighted by Gasteiger charge is 2.21. The van der Waals surface area contributed by atoms with Crippen molar-refractivity contribution in [1.29, 1.82) is 0 Å². The number of quaternary nitrogens is 1. The standard InChI is InChI=1S/C22H22N4OS/c1-14-15(2)28-22-19(14)21(24-18(25-22)13-26-11-3-4-12-26)27-17-9-5-7-16-8-6-10-23-20(16)17/h5-10H,3-4,11-13H2,1-2H3/p+1. The number of aryl methyl sites for hydroxylation is 2. The molecule has 28 heavy (non-hydrogen) atoms. The maximum Gasteiger partial charge on any atom is 0.231 e. The van der Waals surface area contributed by atoms with Crippen molar-refractivity contribution in [2.45, 2.75) is 33.2 Å². The summed E-state index contributed by atoms with van der Waals surface area (Å²) in [5.74, 6) is 2.26. The Balaban J connectivity index is 1.61. The lowest BCUT2D eigenvalue weighted by Crippen LogP contribution is -3.08. The summed E-state index contributed by atoms with van der Waals surface area (Å²) < 4.78 is 6.39. The molecule has 0 unspecified atom stereocenters. The lowest BCUT2D eigenvalue weighted by molar-refractivity contribution is -0.902. The van der Waals surface area contributed by atoms with Gasteiger partial charge in [-0.3, -0.25) is 4.98 Å². The third-order valence-electron chi connectivity index (χ3n) is 5.56. The summed E-state index contributed by atoms with van der Waals surface area (Å²) in [7, 11) is 0. The molecule has 142 valence electrons. The van der Waals surface area contributed by atoms with Gasteiger partial charge in [-0.05, 0) is 31.5 Å². The average Bonchev–Trinajstić information content (AvgIpc) is 3.30. The van der Waals surface area contributed by atoms with Crippen molar-refractivity contribution in [2.75, 3.05) is 13.1 Å². The van der Waals surface area contributed by atoms with Gasteiger partial charge in [0, 0.05) is 29.3 Å². The Morgan fingerprint density at radius 2 is 1.89 bits per heavy atom. The van der Waals surface area contributed by atoms with Crippen molar-refractivity contribution in [3.8, 4) is 11.6 Å². The highest BCUT2D eigenvalue weighted by atomic mass is 32.1. The molecule has 0 saturated carbocycles. The van der Waals surface area contributed by atoms with E-state index in [1.165, 1.54) is 36.4 Å². The number of likely N-dealkylation sites (tertiary alicyclic amines) is 1. The van der Waals surface area contributed by atoms with Crippen LogP contribution in [-0.4, -0.2) is 28.0 Å². The van der Waals surface area contributed by atoms with Crippen molar-refractivity contribution in [3.63, 3.8) is 0 Å². The van der Waals surface area contributed by atoms with Crippen molar-refractivity contribution in [2.24, 2.45) is 0 Å². The van der Waals surface area contributed by atoms with Gasteiger partial charge in [0.25, 0.3) is 0 Å². The largest absolute Gasteiger partial charge is 0.436 e. The van der Waals surface area contributed by atoms with Crippen LogP contribution in [0.2, 0.25) is 0 Å². The molecule has 5 rings (SSSR count). The zero-order chi connectivity index (χ0) is 19.1. The predicted octanol–water partition coefficient (Wildman–Crippen LogP) is 3.83. The number of pyridine rings is 1. The van der Waals surface area contributed by atoms with E-state index in [0.717, 1.165) is 39.2 Å². The molecule has 4 heterocycles. The molecule has 0 radical (unpaired) electrons. The van der Waals surface area contributed by atoms with Gasteiger partial charge in [-0.2, -0.15) is 4.98 Å². The Bertz CT molecular complexity index is 1160. The van der Waals surface area contributed by atoms with Gasteiger partial charge in [0.15, 0.2) is 11.6 Å². The number of aromatic nitrogens is 3. The Morgan fingerprint density at radius 1 is 1.07 bits per heavy atom. The van der Waals surface area contributed by atoms with Gasteiger partial charge < -0.3 is 9.64 Å². The first-order valence-electron chi connectivity index (χ1n) is 9.81. The fourth-order valence-electron chi connectivity index (χ4n) is 3.95. The summed E-state index contributed by atoms with van der Waals surface area (Å²) in [5, 5.41) is 2.08. The van der Waals surface area contributed by atoms with Crippen LogP contribution in [0.3, 0.4) is 0 Å². The number of thiophene rings is 1. The maximum atomic E-state index is 6.39. The first-order valence-corrected chi connectivity index (χ1v) is 10.6. The molecule has 1 aliphatic heterocycles. The molecule has 0 atom stereocenters. The zero-order valence-corrected chi connectivity index (χ0v) is 17.0. The van der Waals surface area contributed by atoms with E-state index in [2.05, 4.69) is 18.8 Å². The van der Waals surface area contributed by atoms with E-state index in [4.69, 9.17) is 14.7 Å². The topological polar surface area (TPSA) is 52.3 Å². The van der Waals surface area contributed by atoms with Crippen LogP contribution in [0, 0.1) is 13.8 Å². The van der Waals surface area contributed by atoms with Crippen LogP contribution in [0.25, 0.3) is 21.1 Å². The summed E-state index contributed by atoms with van der Waals surface area (Å²) in [6, 6.07) is 10.0. The van der Waals surface area contributed by atoms with Gasteiger partial charge in [-0.15, -0.1) is 11.3 Å². The van der Waals surface area contributed by atoms with Gasteiger partial charge in [0.1, 0.15) is 16.9 Å². The summed E-state index contributed by atoms with van der Waals surface area (Å²) in [4.78, 5) is 18.1. The molecule has 0 bridgehead atoms. The lowest BCUT2D eigenvalue weighted by atomic mass is 10.2. The molecule has 4 aromatic rings. The molecular weight excluding hydrogens is 368 g/mol. The first-order chi connectivity index (χ1) is 13.7. The number of fused-ring (bicyclic) bond motifs is 2. The van der Waals surface area contributed by atoms with Crippen molar-refractivity contribution < 1.29 is 9.64 Å². The van der Waals surface area contributed by atoms with E-state index in [0.29, 0.717) is 5.88 Å². The fraction of sp³-hybridized carbons (Fsp3) is 0.318. The van der Waals surface area contributed by atoms with Gasteiger partial charge in [-0.1, -0.05) is 18.2 Å². The maximum absolute atomic E-state index is 6.39. The summed E-state index contributed by atoms with van der Waals surface area (Å²) >= 11 is 1.72. The Labute approximate surface area is 168 Å². The number of hydrogen-bond donors (Lipinski definition) is 1. The number of ether oxygens (including phenoxy) is 1. The second-order valence-electron chi connectivity index (χ2n) is 7.48. The first kappa shape index (κ1) is 17.5. The third-order valence-corrected chi connectivity index (χ3v) is 6.66. The van der Waals surface area contributed by atoms with Gasteiger partial charge in [0.05, 0.1) is 18.5 Å². The van der Waals surface area contributed by atoms with Crippen LogP contribution in [0.5, 0.6) is 11.6 Å². The monoisotopic (exact) mass is 391 g/mol. The van der Waals surface area contributed by atoms with Crippen molar-refractivity contribution in [3.05, 3.63) is 52.8 Å². The number of nitrogens with zero attached hydrogens (tertiary/aromatic N) is 3. The molecule has 6 heteroatoms. The third kappa shape index (κ3) is 3.12. The minimum atomic E-state index is 0.651. The molecule has 0 amide bonds. The summed E-state index contributed by atoms with van der Waals surface area (Å²) in [5.41, 5.74) is 2.05. The second-order valence-corrected chi connectivity index (χ2v) is 8.68. The van der Waals surface area contributed by atoms with Gasteiger partial charge >= 0.3 is 0 Å². The fourth-order valence-corrected chi connectivity index (χ4v) is 4.98. The number of nitrogens with one attached hydrogen (secondary N) is 1. The smallest absolute Gasteiger partial charge is 0.231 e. The van der Waals surface area contributed by atoms with E-state index >= 15 is 0 Å². The van der Waals surface area contributed by atoms with E-state index < -0.39 is 0 Å². The van der Waals surface area contributed by atoms with Crippen molar-refractivity contribution in [1.82, 2.24) is 15.0 Å². The Morgan fingerprint density at radius 3 is 2.75 bits per heavy atom. The molecule has 1 saturated heterocycles. The molecule has 0 spiro atoms. The molecule has 1 aliphatic rings. The number of rotatable bonds is 4. The quantitative estimate of drug-likeness (QED) is 0.574. The van der Waals surface area contributed by atoms with Gasteiger partial charge in [-0.25, -0.2) is 4.98 Å². The molecule has 5 nitrogen and oxygen atoms in total. The highest BCUT2D eigenvalue weighted by molar-refractivity contribution is 7.18. The van der Waals surface area contributed by atoms with Crippen LogP contribution >= 0.6 is 11.3 Å². The SMILES string of the molecule is Cc1sc2nc(C[NH+]3CCCC3)nc(Oc3cccc4cccnc34)c2c1C. The van der Waals surface area contributed by atoms with Crippen LogP contribution in [0.15, 0.2) is 36.5 Å². The van der Waals surface area contributed by atoms with E-state index in [1.54, 1.807) is 22.4 Å². The predicted molar refractivity (Wildman–Crippen MR) is 112 cm³/mol. The summed E-state index contributed by atoms with van der Waals surface area (Å²) in [6.45, 7) is 7.52. The number of hydrogen-bond acceptors (Lipinski definition) is 5. The highest BCUT2D eigenvalue weighted by Crippen LogP contribution is 2.37. The van der Waals surface area contributed by atoms with E-state index in [1.807, 2.05) is 30.3 Å². The van der Waals surface area contributed by atoms with E-state index in [9.17, 15) is 0 Å². The normalized spacial score (nSPS) is 14.9. The minimum absolute atomic E-state index is 0.651. The van der Waals surface area contributed by atoms with Crippen molar-refractivity contribution >= 4 is 32.5 Å². The minimum Gasteiger partial charge on any atom is -0.436 e. The molecule has 1 aromatic carbocycles. The zero-order valence-electron chi connectivity index (χ0n) is 16.2. The van der Waals surface area contributed by atoms with E-state index in [-0.39, 0.29) is 0 Å². The van der Waals surface area contributed by atoms with Crippen LogP contribution in [-0.2, 0) is 6.54 Å². The molecule has 1 fully saturated rings. The van der Waals surface area contributed by atoms with Gasteiger partial charge in [0.2, 0.25) is 5.88 Å². The second kappa shape index (κ2) is 7.11. The van der Waals surface area contributed by atoms with Crippen LogP contribution < -0.4 is 9.64 Å². The molecule has 1 N–H and O–H groups in total. The molecular formula is C22H23N4OS+. The summed E-state index contributed by atoms with van der Waals surface area (Å²) in [6.07, 6.45) is 4.38. The average molecular weight is 392 g/mol. The Hall–Kier alpha value is -2.57. The van der Waals surface area contributed by atoms with Crippen LogP contribution in [0.1, 0.15) is 29.1 Å². The molecule has 0 aliphatic carbocycles.